The zero-order valence-corrected chi connectivity index (χ0v) is 99.1. The Labute approximate surface area is 830 Å². The lowest BCUT2D eigenvalue weighted by molar-refractivity contribution is 0.132. The third-order valence-corrected chi connectivity index (χ3v) is 24.3. The molecule has 0 amide bonds. The molecule has 0 heterocycles. The second-order valence-corrected chi connectivity index (χ2v) is 51.3. The number of hydrogen-bond acceptors (Lipinski definition) is 0. The topological polar surface area (TPSA) is 0 Å². The zero-order valence-electron chi connectivity index (χ0n) is 99.1. The molecule has 1 saturated carbocycles. The molecule has 0 aliphatic heterocycles. The summed E-state index contributed by atoms with van der Waals surface area (Å²) in [5.41, 5.74) is 21.2. The highest BCUT2D eigenvalue weighted by Crippen LogP contribution is 2.42. The highest BCUT2D eigenvalue weighted by Gasteiger charge is 2.33. The molecule has 0 nitrogen and oxygen atoms in total. The van der Waals surface area contributed by atoms with Crippen LogP contribution < -0.4 is 0 Å². The van der Waals surface area contributed by atoms with Gasteiger partial charge in [-0.1, -0.05) is 477 Å². The van der Waals surface area contributed by atoms with Gasteiger partial charge in [-0.2, -0.15) is 0 Å². The minimum atomic E-state index is 0.312. The Morgan fingerprint density at radius 1 is 0.412 bits per heavy atom. The minimum Gasteiger partial charge on any atom is -0.103 e. The Balaban J connectivity index is -0.000000262. The van der Waals surface area contributed by atoms with E-state index in [1.54, 1.807) is 5.57 Å². The van der Waals surface area contributed by atoms with E-state index in [4.69, 9.17) is 0 Å². The Bertz CT molecular complexity index is 3260. The average molecular weight is 1820 g/mol. The zero-order chi connectivity index (χ0) is 103. The lowest BCUT2D eigenvalue weighted by Crippen LogP contribution is -2.31. The lowest BCUT2D eigenvalue weighted by Gasteiger charge is -2.39. The van der Waals surface area contributed by atoms with Gasteiger partial charge in [0.1, 0.15) is 0 Å². The van der Waals surface area contributed by atoms with E-state index < -0.39 is 0 Å². The molecule has 0 heteroatoms. The number of rotatable bonds is 34. The molecular weight excluding hydrogens is 1570 g/mol. The molecule has 766 valence electrons. The summed E-state index contributed by atoms with van der Waals surface area (Å²) in [5, 5.41) is 0. The second-order valence-electron chi connectivity index (χ2n) is 51.3. The van der Waals surface area contributed by atoms with Crippen LogP contribution in [-0.2, 0) is 12.8 Å². The van der Waals surface area contributed by atoms with E-state index in [1.165, 1.54) is 267 Å². The Morgan fingerprint density at radius 3 is 1.15 bits per heavy atom. The van der Waals surface area contributed by atoms with Crippen molar-refractivity contribution < 1.29 is 0 Å². The molecule has 0 saturated heterocycles. The van der Waals surface area contributed by atoms with Gasteiger partial charge in [0.05, 0.1) is 0 Å². The quantitative estimate of drug-likeness (QED) is 0.0484. The normalized spacial score (nSPS) is 15.6. The van der Waals surface area contributed by atoms with Crippen molar-refractivity contribution >= 4 is 0 Å². The van der Waals surface area contributed by atoms with Crippen molar-refractivity contribution in [2.24, 2.45) is 84.2 Å². The van der Waals surface area contributed by atoms with Crippen molar-refractivity contribution in [3.8, 4) is 0 Å². The summed E-state index contributed by atoms with van der Waals surface area (Å²) in [5.74, 6) is 5.72. The molecule has 0 N–H and O–H groups in total. The first kappa shape index (κ1) is 140. The summed E-state index contributed by atoms with van der Waals surface area (Å²) in [6.07, 6.45) is 70.8. The molecule has 0 aromatic heterocycles. The van der Waals surface area contributed by atoms with Crippen molar-refractivity contribution in [3.63, 3.8) is 0 Å². The largest absolute Gasteiger partial charge is 0.103 e. The van der Waals surface area contributed by atoms with Crippen LogP contribution in [0.1, 0.15) is 548 Å². The molecule has 2 aliphatic carbocycles. The fourth-order valence-corrected chi connectivity index (χ4v) is 16.2. The van der Waals surface area contributed by atoms with E-state index in [9.17, 15) is 0 Å². The molecule has 0 spiro atoms. The molecule has 2 aliphatic rings. The Morgan fingerprint density at radius 2 is 0.802 bits per heavy atom. The molecule has 3 atom stereocenters. The van der Waals surface area contributed by atoms with Crippen LogP contribution in [0.3, 0.4) is 0 Å². The van der Waals surface area contributed by atoms with Crippen molar-refractivity contribution in [2.45, 2.75) is 551 Å². The van der Waals surface area contributed by atoms with Gasteiger partial charge in [-0.15, -0.1) is 6.58 Å². The van der Waals surface area contributed by atoms with E-state index in [-0.39, 0.29) is 0 Å². The summed E-state index contributed by atoms with van der Waals surface area (Å²) in [4.78, 5) is 0. The third kappa shape index (κ3) is 109. The summed E-state index contributed by atoms with van der Waals surface area (Å²) in [6.45, 7) is 114. The minimum absolute atomic E-state index is 0.312. The summed E-state index contributed by atoms with van der Waals surface area (Å²) < 4.78 is 0. The van der Waals surface area contributed by atoms with Crippen molar-refractivity contribution in [3.05, 3.63) is 201 Å². The van der Waals surface area contributed by atoms with Crippen LogP contribution in [0.15, 0.2) is 184 Å². The number of allylic oxidation sites excluding steroid dienone is 21. The number of hydrogen-bond donors (Lipinski definition) is 0. The summed E-state index contributed by atoms with van der Waals surface area (Å²) in [6, 6.07) is 19.5. The lowest BCUT2D eigenvalue weighted by atomic mass is 9.66. The van der Waals surface area contributed by atoms with Crippen LogP contribution in [0.2, 0.25) is 0 Å². The molecule has 1 fully saturated rings. The van der Waals surface area contributed by atoms with Gasteiger partial charge in [-0.25, -0.2) is 0 Å². The van der Waals surface area contributed by atoms with E-state index in [0.717, 1.165) is 41.9 Å². The first-order chi connectivity index (χ1) is 60.0. The smallest absolute Gasteiger partial charge is 0.0201 e. The first-order valence-corrected chi connectivity index (χ1v) is 54.3. The van der Waals surface area contributed by atoms with E-state index in [0.29, 0.717) is 48.7 Å². The fourth-order valence-electron chi connectivity index (χ4n) is 16.2. The molecule has 2 aromatic carbocycles. The van der Waals surface area contributed by atoms with Gasteiger partial charge >= 0.3 is 0 Å². The molecule has 0 bridgehead atoms. The molecule has 0 radical (unpaired) electrons. The maximum Gasteiger partial charge on any atom is -0.0201 e. The molecule has 3 unspecified atom stereocenters. The van der Waals surface area contributed by atoms with Crippen LogP contribution in [0, 0.1) is 91.2 Å². The highest BCUT2D eigenvalue weighted by atomic mass is 14.4. The molecular formula is C131H242. The number of aryl methyl sites for hydroxylation is 2. The van der Waals surface area contributed by atoms with Gasteiger partial charge in [-0.05, 0) is 353 Å². The molecule has 131 heavy (non-hydrogen) atoms. The van der Waals surface area contributed by atoms with Crippen molar-refractivity contribution in [1.29, 1.82) is 0 Å². The van der Waals surface area contributed by atoms with Crippen LogP contribution >= 0.6 is 0 Å². The summed E-state index contributed by atoms with van der Waals surface area (Å²) >= 11 is 0. The van der Waals surface area contributed by atoms with Crippen LogP contribution in [0.25, 0.3) is 0 Å². The predicted octanol–water partition coefficient (Wildman–Crippen LogP) is 46.4. The fraction of sp³-hybridized carbons (Fsp3) is 0.740. The maximum atomic E-state index is 3.73. The van der Waals surface area contributed by atoms with Gasteiger partial charge in [0.15, 0.2) is 0 Å². The standard InChI is InChI=1S/C18H32.C15H24.C15H28.C14H28.C13H26.2C13H24.C12H18.C10H20.C6H12.C2H6/c1-15(2)10-8-11-16(3)12-9-13-17(4)14-18(5,6)7;1-12-8-7-9-13(10-12)11-15(5,6)14(2,3)4;1-6-13(11-15(3,4)5)14-9-7-12(2)8-10-14;1-5-6-7-8-9-10-11-12-13-14(2,3)4;3*1-11(2)8-7-9-12(3)10-13(4,5)6;1-12(2,3)10-9-11-7-5-4-6-8-11;1-8(2)10-6-4-9(3)5-7-10;1-3-5-6-4-2;1-2/h10,12,14H,8-9,11,13H2,1-7H3;7-10H,11H2,1-6H3;7,13-14H,6,8-11H2,1-5H3;5H,1,6-13H2,2-4H3;8,12H,7,9-10H2,1-6H3;2*8,10H,7,9H2,1-6H3;4-8H,9-10H2,1-3H3;8-10H,4-7H2,1-3H3;5-6H,3-4H2,1-2H3;1-2H3/b16-12+,17-14+;;;;;12-10+;12-10-;;;;. The van der Waals surface area contributed by atoms with Crippen molar-refractivity contribution in [1.82, 2.24) is 0 Å². The van der Waals surface area contributed by atoms with Crippen LogP contribution in [-0.4, -0.2) is 0 Å². The maximum absolute atomic E-state index is 3.73. The Hall–Kier alpha value is -4.42. The van der Waals surface area contributed by atoms with Gasteiger partial charge in [0.2, 0.25) is 0 Å². The third-order valence-electron chi connectivity index (χ3n) is 24.3. The van der Waals surface area contributed by atoms with E-state index in [2.05, 4.69) is 453 Å². The highest BCUT2D eigenvalue weighted by molar-refractivity contribution is 5.24. The molecule has 2 aromatic rings. The number of benzene rings is 2. The monoisotopic (exact) mass is 1820 g/mol. The van der Waals surface area contributed by atoms with Crippen LogP contribution in [0.5, 0.6) is 0 Å². The second kappa shape index (κ2) is 78.5. The Kier molecular flexibility index (Phi) is 83.6. The first-order valence-electron chi connectivity index (χ1n) is 54.3. The van der Waals surface area contributed by atoms with Gasteiger partial charge in [0.25, 0.3) is 0 Å². The van der Waals surface area contributed by atoms with E-state index in [1.807, 2.05) is 19.9 Å². The summed E-state index contributed by atoms with van der Waals surface area (Å²) in [7, 11) is 0. The molecule has 4 rings (SSSR count). The van der Waals surface area contributed by atoms with Crippen LogP contribution in [0.4, 0.5) is 0 Å². The average Bonchev–Trinajstić information content (AvgIpc) is 0.825. The number of unbranched alkanes of at least 4 members (excludes halogenated alkanes) is 6. The van der Waals surface area contributed by atoms with Gasteiger partial charge < -0.3 is 0 Å². The predicted molar refractivity (Wildman–Crippen MR) is 615 cm³/mol. The SMILES string of the molecule is C=CCCCCCCCCC(C)(C)C.CC.CC(C)(C)CCc1ccccc1.CC(C)=CCC/C(C)=C/C(C)(C)C.CC(C)=CCC/C(C)=C/CC/C(C)=C/C(C)(C)C.CC(C)=CCC/C(C)=C\C(C)(C)C.CC(C)=CCCC(C)CC(C)(C)C.CC1CCC(C(C)C)CC1.CCC(CC(C)(C)C)C1CC=C(C)CC1.CCC=CCC.Cc1cccc(CC(C)(C)C(C)(C)C)c1. The van der Waals surface area contributed by atoms with Gasteiger partial charge in [-0.3, -0.25) is 0 Å². The van der Waals surface area contributed by atoms with Gasteiger partial charge in [0, 0.05) is 0 Å². The van der Waals surface area contributed by atoms with Crippen molar-refractivity contribution in [2.75, 3.05) is 0 Å². The van der Waals surface area contributed by atoms with E-state index >= 15 is 0 Å².